The molecule has 0 heterocycles. The number of phenolic OH excluding ortho intramolecular Hbond substituents is 1. The molecular weight excluding hydrogens is 528 g/mol. The van der Waals surface area contributed by atoms with Crippen molar-refractivity contribution in [3.8, 4) is 5.75 Å². The van der Waals surface area contributed by atoms with Crippen molar-refractivity contribution in [2.45, 2.75) is 168 Å². The summed E-state index contributed by atoms with van der Waals surface area (Å²) in [5, 5.41) is 21.0. The smallest absolute Gasteiger partial charge is 0.306 e. The van der Waals surface area contributed by atoms with Crippen molar-refractivity contribution < 1.29 is 29.3 Å². The van der Waals surface area contributed by atoms with Crippen molar-refractivity contribution in [2.24, 2.45) is 0 Å². The van der Waals surface area contributed by atoms with E-state index in [2.05, 4.69) is 48.5 Å². The van der Waals surface area contributed by atoms with Crippen LogP contribution in [0, 0.1) is 0 Å². The summed E-state index contributed by atoms with van der Waals surface area (Å²) in [6.07, 6.45) is 16.2. The third-order valence-corrected chi connectivity index (χ3v) is 7.76. The Labute approximate surface area is 257 Å². The molecule has 242 valence electrons. The van der Waals surface area contributed by atoms with Gasteiger partial charge in [-0.25, -0.2) is 0 Å². The van der Waals surface area contributed by atoms with E-state index in [1.807, 2.05) is 12.1 Å². The molecule has 0 amide bonds. The molecule has 0 fully saturated rings. The van der Waals surface area contributed by atoms with Gasteiger partial charge in [0, 0.05) is 12.8 Å². The van der Waals surface area contributed by atoms with Crippen molar-refractivity contribution in [2.75, 3.05) is 13.2 Å². The number of esters is 2. The third kappa shape index (κ3) is 16.5. The number of unbranched alkanes of at least 4 members (excludes halogenated alkanes) is 12. The third-order valence-electron chi connectivity index (χ3n) is 7.76. The number of carbonyl (C=O) groups excluding carboxylic acids is 2. The van der Waals surface area contributed by atoms with Gasteiger partial charge in [0.25, 0.3) is 0 Å². The van der Waals surface area contributed by atoms with E-state index in [-0.39, 0.29) is 36.4 Å². The fourth-order valence-electron chi connectivity index (χ4n) is 5.09. The number of hydrogen-bond donors (Lipinski definition) is 2. The lowest BCUT2D eigenvalue weighted by Gasteiger charge is -2.28. The van der Waals surface area contributed by atoms with Crippen LogP contribution >= 0.6 is 0 Å². The predicted octanol–water partition coefficient (Wildman–Crippen LogP) is 8.85. The van der Waals surface area contributed by atoms with E-state index >= 15 is 0 Å². The molecule has 1 aromatic carbocycles. The monoisotopic (exact) mass is 590 g/mol. The van der Waals surface area contributed by atoms with E-state index in [1.54, 1.807) is 0 Å². The zero-order chi connectivity index (χ0) is 31.6. The molecule has 1 rings (SSSR count). The van der Waals surface area contributed by atoms with Gasteiger partial charge in [-0.3, -0.25) is 9.59 Å². The molecule has 6 nitrogen and oxygen atoms in total. The highest BCUT2D eigenvalue weighted by Crippen LogP contribution is 2.40. The lowest BCUT2D eigenvalue weighted by molar-refractivity contribution is -0.152. The zero-order valence-electron chi connectivity index (χ0n) is 28.0. The minimum Gasteiger partial charge on any atom is -0.507 e. The molecule has 2 N–H and O–H groups in total. The maximum Gasteiger partial charge on any atom is 0.306 e. The molecule has 0 aliphatic rings. The Hall–Kier alpha value is -2.08. The normalized spacial score (nSPS) is 12.8. The number of aryl methyl sites for hydroxylation is 1. The molecular formula is C36H62O6. The van der Waals surface area contributed by atoms with E-state index < -0.39 is 12.1 Å². The van der Waals surface area contributed by atoms with Crippen LogP contribution in [0.1, 0.15) is 161 Å². The lowest BCUT2D eigenvalue weighted by Crippen LogP contribution is -2.25. The fourth-order valence-corrected chi connectivity index (χ4v) is 5.09. The molecule has 0 radical (unpaired) electrons. The Bertz CT molecular complexity index is 873. The van der Waals surface area contributed by atoms with Crippen LogP contribution in [0.2, 0.25) is 0 Å². The highest BCUT2D eigenvalue weighted by molar-refractivity contribution is 5.70. The Morgan fingerprint density at radius 2 is 1.05 bits per heavy atom. The summed E-state index contributed by atoms with van der Waals surface area (Å²) in [7, 11) is 0. The van der Waals surface area contributed by atoms with Crippen molar-refractivity contribution in [3.63, 3.8) is 0 Å². The Morgan fingerprint density at radius 3 is 1.45 bits per heavy atom. The largest absolute Gasteiger partial charge is 0.507 e. The number of aliphatic hydroxyl groups excluding tert-OH is 1. The Balaban J connectivity index is 2.21. The molecule has 0 saturated carbocycles. The summed E-state index contributed by atoms with van der Waals surface area (Å²) in [4.78, 5) is 24.4. The quantitative estimate of drug-likeness (QED) is 0.110. The average molecular weight is 591 g/mol. The molecule has 6 heteroatoms. The fraction of sp³-hybridized carbons (Fsp3) is 0.778. The number of rotatable bonds is 21. The highest BCUT2D eigenvalue weighted by atomic mass is 16.6. The molecule has 1 aromatic rings. The van der Waals surface area contributed by atoms with Gasteiger partial charge in [0.1, 0.15) is 25.1 Å². The second-order valence-electron chi connectivity index (χ2n) is 14.1. The van der Waals surface area contributed by atoms with E-state index in [4.69, 9.17) is 9.47 Å². The summed E-state index contributed by atoms with van der Waals surface area (Å²) in [5.74, 6) is -0.428. The van der Waals surface area contributed by atoms with Gasteiger partial charge in [-0.15, -0.1) is 0 Å². The molecule has 1 atom stereocenters. The Kier molecular flexibility index (Phi) is 18.1. The average Bonchev–Trinajstić information content (AvgIpc) is 2.91. The Morgan fingerprint density at radius 1 is 0.667 bits per heavy atom. The maximum absolute atomic E-state index is 12.3. The summed E-state index contributed by atoms with van der Waals surface area (Å²) in [6.45, 7) is 14.2. The summed E-state index contributed by atoms with van der Waals surface area (Å²) >= 11 is 0. The molecule has 0 spiro atoms. The van der Waals surface area contributed by atoms with Gasteiger partial charge in [-0.2, -0.15) is 0 Å². The van der Waals surface area contributed by atoms with E-state index in [0.29, 0.717) is 18.6 Å². The lowest BCUT2D eigenvalue weighted by atomic mass is 9.78. The number of aromatic hydroxyl groups is 1. The first-order chi connectivity index (χ1) is 19.8. The zero-order valence-corrected chi connectivity index (χ0v) is 28.0. The van der Waals surface area contributed by atoms with Crippen LogP contribution in [-0.2, 0) is 36.3 Å². The predicted molar refractivity (Wildman–Crippen MR) is 172 cm³/mol. The van der Waals surface area contributed by atoms with Crippen LogP contribution in [0.25, 0.3) is 0 Å². The van der Waals surface area contributed by atoms with Crippen LogP contribution in [0.15, 0.2) is 12.1 Å². The molecule has 0 bridgehead atoms. The number of aliphatic hydroxyl groups is 1. The van der Waals surface area contributed by atoms with Crippen molar-refractivity contribution in [1.29, 1.82) is 0 Å². The molecule has 0 saturated heterocycles. The van der Waals surface area contributed by atoms with Crippen molar-refractivity contribution in [3.05, 3.63) is 28.8 Å². The van der Waals surface area contributed by atoms with E-state index in [0.717, 1.165) is 36.0 Å². The molecule has 0 aliphatic heterocycles. The summed E-state index contributed by atoms with van der Waals surface area (Å²) in [6, 6.07) is 3.92. The second-order valence-corrected chi connectivity index (χ2v) is 14.1. The van der Waals surface area contributed by atoms with Gasteiger partial charge >= 0.3 is 11.9 Å². The number of ether oxygens (including phenoxy) is 2. The van der Waals surface area contributed by atoms with Crippen LogP contribution in [0.3, 0.4) is 0 Å². The molecule has 0 aromatic heterocycles. The van der Waals surface area contributed by atoms with Crippen molar-refractivity contribution in [1.82, 2.24) is 0 Å². The summed E-state index contributed by atoms with van der Waals surface area (Å²) < 4.78 is 10.4. The minimum atomic E-state index is -1.04. The first-order valence-corrected chi connectivity index (χ1v) is 16.6. The van der Waals surface area contributed by atoms with E-state index in [1.165, 1.54) is 64.2 Å². The van der Waals surface area contributed by atoms with Crippen LogP contribution < -0.4 is 0 Å². The van der Waals surface area contributed by atoms with Gasteiger partial charge in [0.05, 0.1) is 0 Å². The van der Waals surface area contributed by atoms with E-state index in [9.17, 15) is 19.8 Å². The van der Waals surface area contributed by atoms with Gasteiger partial charge in [-0.1, -0.05) is 138 Å². The van der Waals surface area contributed by atoms with Crippen LogP contribution in [-0.4, -0.2) is 41.5 Å². The van der Waals surface area contributed by atoms with Crippen molar-refractivity contribution >= 4 is 11.9 Å². The first kappa shape index (κ1) is 37.9. The molecule has 0 aliphatic carbocycles. The van der Waals surface area contributed by atoms with Gasteiger partial charge in [-0.05, 0) is 40.4 Å². The first-order valence-electron chi connectivity index (χ1n) is 16.6. The standard InChI is InChI=1S/C36H62O6/c1-8-9-10-11-12-13-14-15-16-17-18-19-20-21-32(38)41-26-29(37)27-42-33(39)23-22-28-24-30(35(2,3)4)34(40)31(25-28)36(5,6)7/h24-25,29,37,40H,8-23,26-27H2,1-7H3. The minimum absolute atomic E-state index is 0.156. The topological polar surface area (TPSA) is 93.1 Å². The number of carbonyl (C=O) groups is 2. The van der Waals surface area contributed by atoms with Gasteiger partial charge < -0.3 is 19.7 Å². The van der Waals surface area contributed by atoms with Crippen LogP contribution in [0.5, 0.6) is 5.75 Å². The molecule has 42 heavy (non-hydrogen) atoms. The highest BCUT2D eigenvalue weighted by Gasteiger charge is 2.26. The number of benzene rings is 1. The van der Waals surface area contributed by atoms with Gasteiger partial charge in [0.15, 0.2) is 0 Å². The van der Waals surface area contributed by atoms with Crippen LogP contribution in [0.4, 0.5) is 0 Å². The number of phenols is 1. The second kappa shape index (κ2) is 20.0. The molecule has 1 unspecified atom stereocenters. The maximum atomic E-state index is 12.3. The van der Waals surface area contributed by atoms with Gasteiger partial charge in [0.2, 0.25) is 0 Å². The summed E-state index contributed by atoms with van der Waals surface area (Å²) in [5.41, 5.74) is 2.19. The number of hydrogen-bond acceptors (Lipinski definition) is 6. The SMILES string of the molecule is CCCCCCCCCCCCCCCC(=O)OCC(O)COC(=O)CCc1cc(C(C)(C)C)c(O)c(C(C)(C)C)c1.